The fourth-order valence-electron chi connectivity index (χ4n) is 3.98. The van der Waals surface area contributed by atoms with E-state index in [4.69, 9.17) is 19.3 Å². The second-order valence-corrected chi connectivity index (χ2v) is 9.30. The Balaban J connectivity index is 1.34. The van der Waals surface area contributed by atoms with E-state index in [1.807, 2.05) is 18.2 Å². The molecule has 0 unspecified atom stereocenters. The van der Waals surface area contributed by atoms with Crippen LogP contribution in [0.1, 0.15) is 35.3 Å². The van der Waals surface area contributed by atoms with Crippen LogP contribution in [0, 0.1) is 11.3 Å². The number of carboxylic acids is 1. The molecule has 186 valence electrons. The van der Waals surface area contributed by atoms with E-state index < -0.39 is 12.1 Å². The van der Waals surface area contributed by atoms with Crippen molar-refractivity contribution in [2.45, 2.75) is 31.9 Å². The number of nitrogens with one attached hydrogen (secondary N) is 1. The zero-order valence-electron chi connectivity index (χ0n) is 20.2. The average molecular weight is 489 g/mol. The number of hydrogen-bond acceptors (Lipinski definition) is 7. The van der Waals surface area contributed by atoms with E-state index in [-0.39, 0.29) is 24.5 Å². The van der Waals surface area contributed by atoms with E-state index in [1.54, 1.807) is 30.3 Å². The van der Waals surface area contributed by atoms with Gasteiger partial charge in [0.05, 0.1) is 11.1 Å². The third-order valence-corrected chi connectivity index (χ3v) is 5.90. The molecule has 0 radical (unpaired) electrons. The molecule has 8 nitrogen and oxygen atoms in total. The first-order valence-corrected chi connectivity index (χ1v) is 11.6. The van der Waals surface area contributed by atoms with Crippen molar-refractivity contribution in [2.75, 3.05) is 19.9 Å². The summed E-state index contributed by atoms with van der Waals surface area (Å²) in [5.74, 6) is 0.850. The van der Waals surface area contributed by atoms with Crippen LogP contribution in [-0.2, 0) is 6.42 Å². The highest BCUT2D eigenvalue weighted by Crippen LogP contribution is 2.33. The van der Waals surface area contributed by atoms with Crippen molar-refractivity contribution in [3.63, 3.8) is 0 Å². The highest BCUT2D eigenvalue weighted by atomic mass is 16.7. The average Bonchev–Trinajstić information content (AvgIpc) is 3.34. The third-order valence-electron chi connectivity index (χ3n) is 5.90. The fraction of sp³-hybridized carbons (Fsp3) is 0.286. The van der Waals surface area contributed by atoms with Gasteiger partial charge in [0.1, 0.15) is 24.5 Å². The second-order valence-electron chi connectivity index (χ2n) is 9.30. The molecule has 0 amide bonds. The first kappa shape index (κ1) is 25.0. The Morgan fingerprint density at radius 2 is 1.81 bits per heavy atom. The van der Waals surface area contributed by atoms with E-state index in [0.717, 1.165) is 34.6 Å². The highest BCUT2D eigenvalue weighted by Gasteiger charge is 2.22. The van der Waals surface area contributed by atoms with Crippen LogP contribution in [0.4, 0.5) is 0 Å². The lowest BCUT2D eigenvalue weighted by Gasteiger charge is -2.28. The van der Waals surface area contributed by atoms with Gasteiger partial charge in [-0.15, -0.1) is 0 Å². The SMILES string of the molecule is CC(C)(Cc1ccc2c(c1)OCO2)NC[C@@H](O)COc1cc(-c2ccc(C(=O)O)cc2)ccc1C#N. The van der Waals surface area contributed by atoms with Crippen molar-refractivity contribution in [3.8, 4) is 34.4 Å². The number of rotatable bonds is 10. The van der Waals surface area contributed by atoms with Crippen LogP contribution in [0.2, 0.25) is 0 Å². The molecule has 1 aliphatic heterocycles. The lowest BCUT2D eigenvalue weighted by atomic mass is 9.94. The summed E-state index contributed by atoms with van der Waals surface area (Å²) in [5, 5.41) is 32.5. The molecule has 1 aliphatic rings. The Kier molecular flexibility index (Phi) is 7.44. The number of hydrogen-bond donors (Lipinski definition) is 3. The summed E-state index contributed by atoms with van der Waals surface area (Å²) >= 11 is 0. The minimum absolute atomic E-state index is 0.00316. The number of β-amino-alcohol motifs (C(OH)–C–C–N with tert-alkyl or cyclic N) is 1. The number of carbonyl (C=O) groups is 1. The molecule has 36 heavy (non-hydrogen) atoms. The molecule has 1 heterocycles. The second kappa shape index (κ2) is 10.7. The summed E-state index contributed by atoms with van der Waals surface area (Å²) in [7, 11) is 0. The van der Waals surface area contributed by atoms with Crippen molar-refractivity contribution in [3.05, 3.63) is 77.4 Å². The molecular formula is C28H28N2O6. The Morgan fingerprint density at radius 1 is 1.08 bits per heavy atom. The number of aromatic carboxylic acids is 1. The maximum absolute atomic E-state index is 11.1. The highest BCUT2D eigenvalue weighted by molar-refractivity contribution is 5.88. The first-order valence-electron chi connectivity index (χ1n) is 11.6. The van der Waals surface area contributed by atoms with Gasteiger partial charge in [-0.05, 0) is 73.4 Å². The predicted octanol–water partition coefficient (Wildman–Crippen LogP) is 4.00. The summed E-state index contributed by atoms with van der Waals surface area (Å²) in [6.45, 7) is 4.65. The Morgan fingerprint density at radius 3 is 2.53 bits per heavy atom. The largest absolute Gasteiger partial charge is 0.489 e. The quantitative estimate of drug-likeness (QED) is 0.392. The van der Waals surface area contributed by atoms with Crippen LogP contribution in [0.5, 0.6) is 17.2 Å². The van der Waals surface area contributed by atoms with Crippen molar-refractivity contribution in [1.29, 1.82) is 5.26 Å². The van der Waals surface area contributed by atoms with Gasteiger partial charge in [0, 0.05) is 12.1 Å². The molecule has 0 aromatic heterocycles. The third kappa shape index (κ3) is 6.13. The van der Waals surface area contributed by atoms with Gasteiger partial charge in [-0.1, -0.05) is 24.3 Å². The molecule has 0 fully saturated rings. The topological polar surface area (TPSA) is 121 Å². The molecule has 0 spiro atoms. The number of ether oxygens (including phenoxy) is 3. The zero-order valence-corrected chi connectivity index (χ0v) is 20.2. The molecule has 4 rings (SSSR count). The van der Waals surface area contributed by atoms with Gasteiger partial charge in [-0.2, -0.15) is 5.26 Å². The number of fused-ring (bicyclic) bond motifs is 1. The summed E-state index contributed by atoms with van der Waals surface area (Å²) < 4.78 is 16.6. The van der Waals surface area contributed by atoms with E-state index >= 15 is 0 Å². The lowest BCUT2D eigenvalue weighted by Crippen LogP contribution is -2.46. The van der Waals surface area contributed by atoms with Crippen LogP contribution < -0.4 is 19.5 Å². The molecule has 3 N–H and O–H groups in total. The van der Waals surface area contributed by atoms with Gasteiger partial charge >= 0.3 is 5.97 Å². The van der Waals surface area contributed by atoms with Gasteiger partial charge in [0.2, 0.25) is 6.79 Å². The minimum atomic E-state index is -0.993. The van der Waals surface area contributed by atoms with Crippen molar-refractivity contribution < 1.29 is 29.2 Å². The van der Waals surface area contributed by atoms with Crippen molar-refractivity contribution >= 4 is 5.97 Å². The molecule has 1 atom stereocenters. The fourth-order valence-corrected chi connectivity index (χ4v) is 3.98. The van der Waals surface area contributed by atoms with E-state index in [0.29, 0.717) is 17.9 Å². The van der Waals surface area contributed by atoms with E-state index in [9.17, 15) is 15.2 Å². The molecule has 0 saturated heterocycles. The summed E-state index contributed by atoms with van der Waals surface area (Å²) in [5.41, 5.74) is 2.91. The van der Waals surface area contributed by atoms with Crippen LogP contribution >= 0.6 is 0 Å². The predicted molar refractivity (Wildman–Crippen MR) is 133 cm³/mol. The van der Waals surface area contributed by atoms with E-state index in [2.05, 4.69) is 25.2 Å². The molecule has 3 aromatic carbocycles. The lowest BCUT2D eigenvalue weighted by molar-refractivity contribution is 0.0697. The van der Waals surface area contributed by atoms with Crippen molar-refractivity contribution in [1.82, 2.24) is 5.32 Å². The van der Waals surface area contributed by atoms with Gasteiger partial charge in [-0.3, -0.25) is 0 Å². The van der Waals surface area contributed by atoms with Crippen LogP contribution in [0.15, 0.2) is 60.7 Å². The molecule has 8 heteroatoms. The summed E-state index contributed by atoms with van der Waals surface area (Å²) in [4.78, 5) is 11.1. The summed E-state index contributed by atoms with van der Waals surface area (Å²) in [6, 6.07) is 19.6. The first-order chi connectivity index (χ1) is 17.2. The van der Waals surface area contributed by atoms with Crippen LogP contribution in [0.25, 0.3) is 11.1 Å². The van der Waals surface area contributed by atoms with Gasteiger partial charge in [-0.25, -0.2) is 4.79 Å². The number of aliphatic hydroxyl groups excluding tert-OH is 1. The van der Waals surface area contributed by atoms with Crippen molar-refractivity contribution in [2.24, 2.45) is 0 Å². The van der Waals surface area contributed by atoms with Crippen LogP contribution in [-0.4, -0.2) is 47.8 Å². The molecule has 0 aliphatic carbocycles. The normalized spacial score (nSPS) is 13.2. The Bertz CT molecular complexity index is 1280. The number of aliphatic hydroxyl groups is 1. The standard InChI is InChI=1S/C28H28N2O6/c1-28(2,13-18-3-10-24-26(11-18)36-17-35-24)30-15-23(31)16-34-25-12-21(8-9-22(25)14-29)19-4-6-20(7-5-19)27(32)33/h3-12,23,30-31H,13,15-17H2,1-2H3,(H,32,33)/t23-/m1/s1. The molecule has 0 bridgehead atoms. The van der Waals surface area contributed by atoms with Gasteiger partial charge in [0.15, 0.2) is 11.5 Å². The summed E-state index contributed by atoms with van der Waals surface area (Å²) in [6.07, 6.45) is -0.0792. The van der Waals surface area contributed by atoms with E-state index in [1.165, 1.54) is 12.1 Å². The Hall–Kier alpha value is -4.06. The Labute approximate surface area is 209 Å². The number of carboxylic acid groups (broad SMARTS) is 1. The number of benzene rings is 3. The molecular weight excluding hydrogens is 460 g/mol. The molecule has 3 aromatic rings. The van der Waals surface area contributed by atoms with Crippen LogP contribution in [0.3, 0.4) is 0 Å². The van der Waals surface area contributed by atoms with Gasteiger partial charge < -0.3 is 29.7 Å². The maximum atomic E-state index is 11.1. The smallest absolute Gasteiger partial charge is 0.335 e. The molecule has 0 saturated carbocycles. The number of nitrogens with zero attached hydrogens (tertiary/aromatic N) is 1. The van der Waals surface area contributed by atoms with Gasteiger partial charge in [0.25, 0.3) is 0 Å². The minimum Gasteiger partial charge on any atom is -0.489 e. The zero-order chi connectivity index (χ0) is 25.7. The maximum Gasteiger partial charge on any atom is 0.335 e. The number of nitriles is 1. The monoisotopic (exact) mass is 488 g/mol.